The SMILES string of the molecule is CC(C)CCC(C)NS(=O)(=O)c1ccc(Br)c(C(=O)O)c1. The van der Waals surface area contributed by atoms with E-state index in [-0.39, 0.29) is 16.5 Å². The number of carboxylic acids is 1. The smallest absolute Gasteiger partial charge is 0.336 e. The summed E-state index contributed by atoms with van der Waals surface area (Å²) in [6, 6.07) is 3.77. The van der Waals surface area contributed by atoms with E-state index in [0.717, 1.165) is 18.9 Å². The van der Waals surface area contributed by atoms with Gasteiger partial charge in [-0.2, -0.15) is 0 Å². The standard InChI is InChI=1S/C14H20BrNO4S/c1-9(2)4-5-10(3)16-21(19,20)11-6-7-13(15)12(8-11)14(17)18/h6-10,16H,4-5H2,1-3H3,(H,17,18). The van der Waals surface area contributed by atoms with Crippen LogP contribution in [-0.4, -0.2) is 25.5 Å². The Bertz CT molecular complexity index is 613. The molecule has 1 aromatic carbocycles. The van der Waals surface area contributed by atoms with Gasteiger partial charge in [-0.1, -0.05) is 13.8 Å². The summed E-state index contributed by atoms with van der Waals surface area (Å²) in [5, 5.41) is 9.04. The molecule has 1 atom stereocenters. The van der Waals surface area contributed by atoms with Crippen LogP contribution in [0.4, 0.5) is 0 Å². The lowest BCUT2D eigenvalue weighted by molar-refractivity contribution is 0.0695. The van der Waals surface area contributed by atoms with Crippen LogP contribution in [0.1, 0.15) is 44.0 Å². The molecule has 1 aromatic rings. The van der Waals surface area contributed by atoms with Crippen LogP contribution in [0.25, 0.3) is 0 Å². The third-order valence-electron chi connectivity index (χ3n) is 3.01. The maximum atomic E-state index is 12.3. The highest BCUT2D eigenvalue weighted by atomic mass is 79.9. The molecule has 0 fully saturated rings. The van der Waals surface area contributed by atoms with Crippen molar-refractivity contribution >= 4 is 31.9 Å². The predicted octanol–water partition coefficient (Wildman–Crippen LogP) is 3.25. The number of benzene rings is 1. The second-order valence-electron chi connectivity index (χ2n) is 5.44. The van der Waals surface area contributed by atoms with Gasteiger partial charge in [-0.05, 0) is 59.8 Å². The highest BCUT2D eigenvalue weighted by Crippen LogP contribution is 2.21. The van der Waals surface area contributed by atoms with Gasteiger partial charge >= 0.3 is 5.97 Å². The Morgan fingerprint density at radius 3 is 2.43 bits per heavy atom. The van der Waals surface area contributed by atoms with Gasteiger partial charge < -0.3 is 5.11 Å². The molecule has 0 saturated carbocycles. The van der Waals surface area contributed by atoms with E-state index in [4.69, 9.17) is 5.11 Å². The Balaban J connectivity index is 2.93. The van der Waals surface area contributed by atoms with Crippen LogP contribution in [0, 0.1) is 5.92 Å². The fraction of sp³-hybridized carbons (Fsp3) is 0.500. The van der Waals surface area contributed by atoms with Crippen molar-refractivity contribution in [1.29, 1.82) is 0 Å². The zero-order chi connectivity index (χ0) is 16.2. The van der Waals surface area contributed by atoms with Crippen molar-refractivity contribution in [2.75, 3.05) is 0 Å². The summed E-state index contributed by atoms with van der Waals surface area (Å²) >= 11 is 3.09. The van der Waals surface area contributed by atoms with E-state index in [1.807, 2.05) is 0 Å². The molecular weight excluding hydrogens is 358 g/mol. The van der Waals surface area contributed by atoms with Crippen molar-refractivity contribution in [2.45, 2.75) is 44.6 Å². The average Bonchev–Trinajstić information content (AvgIpc) is 2.35. The predicted molar refractivity (Wildman–Crippen MR) is 85.0 cm³/mol. The van der Waals surface area contributed by atoms with Gasteiger partial charge in [0, 0.05) is 10.5 Å². The molecule has 1 rings (SSSR count). The second-order valence-corrected chi connectivity index (χ2v) is 8.01. The van der Waals surface area contributed by atoms with Gasteiger partial charge in [-0.15, -0.1) is 0 Å². The van der Waals surface area contributed by atoms with Crippen molar-refractivity contribution in [3.05, 3.63) is 28.2 Å². The van der Waals surface area contributed by atoms with E-state index in [0.29, 0.717) is 10.4 Å². The molecule has 0 radical (unpaired) electrons. The summed E-state index contributed by atoms with van der Waals surface area (Å²) in [6.07, 6.45) is 1.66. The highest BCUT2D eigenvalue weighted by Gasteiger charge is 2.20. The molecule has 0 aliphatic rings. The monoisotopic (exact) mass is 377 g/mol. The van der Waals surface area contributed by atoms with Crippen molar-refractivity contribution in [3.8, 4) is 0 Å². The van der Waals surface area contributed by atoms with Crippen molar-refractivity contribution in [3.63, 3.8) is 0 Å². The summed E-state index contributed by atoms with van der Waals surface area (Å²) in [7, 11) is -3.71. The van der Waals surface area contributed by atoms with Crippen LogP contribution in [0.5, 0.6) is 0 Å². The van der Waals surface area contributed by atoms with Gasteiger partial charge in [0.05, 0.1) is 10.5 Å². The van der Waals surface area contributed by atoms with Crippen LogP contribution in [0.15, 0.2) is 27.6 Å². The second kappa shape index (κ2) is 7.38. The molecule has 118 valence electrons. The number of carboxylic acid groups (broad SMARTS) is 1. The molecule has 0 spiro atoms. The van der Waals surface area contributed by atoms with E-state index in [9.17, 15) is 13.2 Å². The molecule has 1 unspecified atom stereocenters. The first kappa shape index (κ1) is 18.1. The first-order valence-electron chi connectivity index (χ1n) is 6.68. The van der Waals surface area contributed by atoms with E-state index in [1.54, 1.807) is 6.92 Å². The normalized spacial score (nSPS) is 13.4. The maximum absolute atomic E-state index is 12.3. The molecule has 0 heterocycles. The molecule has 7 heteroatoms. The molecule has 0 saturated heterocycles. The summed E-state index contributed by atoms with van der Waals surface area (Å²) in [5.74, 6) is -0.671. The fourth-order valence-electron chi connectivity index (χ4n) is 1.81. The molecule has 21 heavy (non-hydrogen) atoms. The Morgan fingerprint density at radius 2 is 1.90 bits per heavy atom. The van der Waals surface area contributed by atoms with Crippen LogP contribution >= 0.6 is 15.9 Å². The molecule has 0 aromatic heterocycles. The van der Waals surface area contributed by atoms with Crippen LogP contribution in [-0.2, 0) is 10.0 Å². The Kier molecular flexibility index (Phi) is 6.37. The minimum Gasteiger partial charge on any atom is -0.478 e. The first-order chi connectivity index (χ1) is 9.63. The highest BCUT2D eigenvalue weighted by molar-refractivity contribution is 9.10. The minimum absolute atomic E-state index is 0.0421. The number of carbonyl (C=O) groups is 1. The van der Waals surface area contributed by atoms with Gasteiger partial charge in [0.2, 0.25) is 10.0 Å². The van der Waals surface area contributed by atoms with E-state index < -0.39 is 16.0 Å². The van der Waals surface area contributed by atoms with Gasteiger partial charge in [-0.3, -0.25) is 0 Å². The number of hydrogen-bond donors (Lipinski definition) is 2. The first-order valence-corrected chi connectivity index (χ1v) is 8.96. The molecule has 0 aliphatic carbocycles. The third kappa shape index (κ3) is 5.41. The van der Waals surface area contributed by atoms with Gasteiger partial charge in [0.25, 0.3) is 0 Å². The van der Waals surface area contributed by atoms with Gasteiger partial charge in [0.1, 0.15) is 0 Å². The summed E-state index contributed by atoms with van der Waals surface area (Å²) in [4.78, 5) is 11.0. The lowest BCUT2D eigenvalue weighted by Crippen LogP contribution is -2.32. The molecule has 2 N–H and O–H groups in total. The van der Waals surface area contributed by atoms with Crippen molar-refractivity contribution in [2.24, 2.45) is 5.92 Å². The number of hydrogen-bond acceptors (Lipinski definition) is 3. The number of rotatable bonds is 7. The van der Waals surface area contributed by atoms with Gasteiger partial charge in [0.15, 0.2) is 0 Å². The zero-order valence-corrected chi connectivity index (χ0v) is 14.7. The fourth-order valence-corrected chi connectivity index (χ4v) is 3.53. The van der Waals surface area contributed by atoms with Crippen molar-refractivity contribution < 1.29 is 18.3 Å². The van der Waals surface area contributed by atoms with E-state index >= 15 is 0 Å². The summed E-state index contributed by atoms with van der Waals surface area (Å²) in [6.45, 7) is 5.96. The number of aromatic carboxylic acids is 1. The largest absolute Gasteiger partial charge is 0.478 e. The number of halogens is 1. The minimum atomic E-state index is -3.71. The van der Waals surface area contributed by atoms with E-state index in [2.05, 4.69) is 34.5 Å². The van der Waals surface area contributed by atoms with Crippen LogP contribution in [0.2, 0.25) is 0 Å². The molecule has 0 bridgehead atoms. The van der Waals surface area contributed by atoms with E-state index in [1.165, 1.54) is 12.1 Å². The Labute approximate surface area is 133 Å². The van der Waals surface area contributed by atoms with Crippen LogP contribution in [0.3, 0.4) is 0 Å². The van der Waals surface area contributed by atoms with Gasteiger partial charge in [-0.25, -0.2) is 17.9 Å². The lowest BCUT2D eigenvalue weighted by Gasteiger charge is -2.15. The quantitative estimate of drug-likeness (QED) is 0.763. The summed E-state index contributed by atoms with van der Waals surface area (Å²) in [5.41, 5.74) is -0.0762. The maximum Gasteiger partial charge on any atom is 0.336 e. The molecule has 0 amide bonds. The topological polar surface area (TPSA) is 83.5 Å². The molecule has 5 nitrogen and oxygen atoms in total. The average molecular weight is 378 g/mol. The van der Waals surface area contributed by atoms with Crippen molar-refractivity contribution in [1.82, 2.24) is 4.72 Å². The molecular formula is C14H20BrNO4S. The summed E-state index contributed by atoms with van der Waals surface area (Å²) < 4.78 is 27.4. The Hall–Kier alpha value is -0.920. The third-order valence-corrected chi connectivity index (χ3v) is 5.29. The Morgan fingerprint density at radius 1 is 1.29 bits per heavy atom. The van der Waals surface area contributed by atoms with Crippen LogP contribution < -0.4 is 4.72 Å². The zero-order valence-electron chi connectivity index (χ0n) is 12.3. The number of sulfonamides is 1. The molecule has 0 aliphatic heterocycles. The number of nitrogens with one attached hydrogen (secondary N) is 1. The lowest BCUT2D eigenvalue weighted by atomic mass is 10.1.